The normalized spacial score (nSPS) is 14.2. The maximum Gasteiger partial charge on any atom is 0.332 e. The molecule has 0 aliphatic carbocycles. The first-order chi connectivity index (χ1) is 9.00. The van der Waals surface area contributed by atoms with Crippen LogP contribution in [0.3, 0.4) is 0 Å². The molecule has 0 radical (unpaired) electrons. The molecule has 19 heavy (non-hydrogen) atoms. The summed E-state index contributed by atoms with van der Waals surface area (Å²) in [4.78, 5) is 11.9. The van der Waals surface area contributed by atoms with Gasteiger partial charge >= 0.3 is 5.97 Å². The molecule has 1 aromatic carbocycles. The fourth-order valence-electron chi connectivity index (χ4n) is 1.73. The Labute approximate surface area is 114 Å². The standard InChI is InChI=1S/C15H23NO3/c1-12(2)9-10-19-11-15(16,14(17)18-3)13-7-5-4-6-8-13/h4-8,12H,9-11,16H2,1-3H3. The van der Waals surface area contributed by atoms with E-state index in [-0.39, 0.29) is 6.61 Å². The zero-order valence-electron chi connectivity index (χ0n) is 11.9. The second-order valence-corrected chi connectivity index (χ2v) is 5.06. The number of carbonyl (C=O) groups is 1. The molecule has 0 fully saturated rings. The molecule has 0 aromatic heterocycles. The van der Waals surface area contributed by atoms with E-state index >= 15 is 0 Å². The van der Waals surface area contributed by atoms with Gasteiger partial charge in [-0.15, -0.1) is 0 Å². The van der Waals surface area contributed by atoms with E-state index in [4.69, 9.17) is 15.2 Å². The van der Waals surface area contributed by atoms with E-state index in [1.165, 1.54) is 7.11 Å². The van der Waals surface area contributed by atoms with Crippen LogP contribution in [0.4, 0.5) is 0 Å². The number of ether oxygens (including phenoxy) is 2. The summed E-state index contributed by atoms with van der Waals surface area (Å²) in [6, 6.07) is 9.17. The molecule has 1 atom stereocenters. The molecule has 1 unspecified atom stereocenters. The molecule has 4 nitrogen and oxygen atoms in total. The lowest BCUT2D eigenvalue weighted by molar-refractivity contribution is -0.150. The maximum atomic E-state index is 11.9. The third-order valence-corrected chi connectivity index (χ3v) is 3.01. The predicted molar refractivity (Wildman–Crippen MR) is 74.6 cm³/mol. The van der Waals surface area contributed by atoms with Crippen molar-refractivity contribution < 1.29 is 14.3 Å². The Morgan fingerprint density at radius 1 is 1.32 bits per heavy atom. The minimum atomic E-state index is -1.24. The van der Waals surface area contributed by atoms with Crippen LogP contribution in [0.5, 0.6) is 0 Å². The summed E-state index contributed by atoms with van der Waals surface area (Å²) in [5, 5.41) is 0. The summed E-state index contributed by atoms with van der Waals surface area (Å²) in [5.41, 5.74) is 5.65. The van der Waals surface area contributed by atoms with E-state index < -0.39 is 11.5 Å². The fourth-order valence-corrected chi connectivity index (χ4v) is 1.73. The number of methoxy groups -OCH3 is 1. The topological polar surface area (TPSA) is 61.5 Å². The molecule has 0 aliphatic heterocycles. The molecule has 2 N–H and O–H groups in total. The third-order valence-electron chi connectivity index (χ3n) is 3.01. The molecule has 0 saturated heterocycles. The van der Waals surface area contributed by atoms with E-state index in [1.54, 1.807) is 0 Å². The lowest BCUT2D eigenvalue weighted by Gasteiger charge is -2.27. The number of hydrogen-bond acceptors (Lipinski definition) is 4. The second kappa shape index (κ2) is 7.26. The molecule has 0 spiro atoms. The van der Waals surface area contributed by atoms with Crippen molar-refractivity contribution in [2.75, 3.05) is 20.3 Å². The van der Waals surface area contributed by atoms with Crippen LogP contribution in [-0.2, 0) is 19.8 Å². The van der Waals surface area contributed by atoms with Crippen molar-refractivity contribution in [3.8, 4) is 0 Å². The van der Waals surface area contributed by atoms with Crippen LogP contribution in [-0.4, -0.2) is 26.3 Å². The van der Waals surface area contributed by atoms with Crippen LogP contribution in [0, 0.1) is 5.92 Å². The Bertz CT molecular complexity index is 392. The molecular formula is C15H23NO3. The van der Waals surface area contributed by atoms with Crippen molar-refractivity contribution in [1.29, 1.82) is 0 Å². The SMILES string of the molecule is COC(=O)C(N)(COCCC(C)C)c1ccccc1. The second-order valence-electron chi connectivity index (χ2n) is 5.06. The van der Waals surface area contributed by atoms with Crippen LogP contribution >= 0.6 is 0 Å². The average molecular weight is 265 g/mol. The first-order valence-corrected chi connectivity index (χ1v) is 6.51. The van der Waals surface area contributed by atoms with Gasteiger partial charge in [-0.1, -0.05) is 44.2 Å². The van der Waals surface area contributed by atoms with Gasteiger partial charge in [0.15, 0.2) is 5.54 Å². The molecule has 0 heterocycles. The monoisotopic (exact) mass is 265 g/mol. The molecule has 0 amide bonds. The minimum Gasteiger partial charge on any atom is -0.467 e. The van der Waals surface area contributed by atoms with Crippen LogP contribution in [0.1, 0.15) is 25.8 Å². The van der Waals surface area contributed by atoms with Gasteiger partial charge in [0.2, 0.25) is 0 Å². The van der Waals surface area contributed by atoms with Gasteiger partial charge in [0.05, 0.1) is 13.7 Å². The predicted octanol–water partition coefficient (Wildman–Crippen LogP) is 2.08. The van der Waals surface area contributed by atoms with Crippen molar-refractivity contribution >= 4 is 5.97 Å². The lowest BCUT2D eigenvalue weighted by atomic mass is 9.92. The van der Waals surface area contributed by atoms with Gasteiger partial charge in [-0.05, 0) is 17.9 Å². The molecule has 4 heteroatoms. The van der Waals surface area contributed by atoms with Crippen molar-refractivity contribution in [2.24, 2.45) is 11.7 Å². The summed E-state index contributed by atoms with van der Waals surface area (Å²) in [6.07, 6.45) is 0.937. The molecule has 0 bridgehead atoms. The van der Waals surface area contributed by atoms with Gasteiger partial charge in [-0.25, -0.2) is 4.79 Å². The van der Waals surface area contributed by atoms with Crippen LogP contribution in [0.2, 0.25) is 0 Å². The average Bonchev–Trinajstić information content (AvgIpc) is 2.43. The van der Waals surface area contributed by atoms with Crippen molar-refractivity contribution in [3.63, 3.8) is 0 Å². The number of rotatable bonds is 7. The quantitative estimate of drug-likeness (QED) is 0.605. The highest BCUT2D eigenvalue weighted by Crippen LogP contribution is 2.20. The van der Waals surface area contributed by atoms with Crippen LogP contribution in [0.15, 0.2) is 30.3 Å². The lowest BCUT2D eigenvalue weighted by Crippen LogP contribution is -2.49. The summed E-state index contributed by atoms with van der Waals surface area (Å²) < 4.78 is 10.4. The van der Waals surface area contributed by atoms with Crippen LogP contribution in [0.25, 0.3) is 0 Å². The van der Waals surface area contributed by atoms with Gasteiger partial charge in [0, 0.05) is 6.61 Å². The highest BCUT2D eigenvalue weighted by molar-refractivity contribution is 5.82. The zero-order chi connectivity index (χ0) is 14.3. The number of hydrogen-bond donors (Lipinski definition) is 1. The Morgan fingerprint density at radius 3 is 2.47 bits per heavy atom. The summed E-state index contributed by atoms with van der Waals surface area (Å²) in [5.74, 6) is 0.0743. The smallest absolute Gasteiger partial charge is 0.332 e. The molecule has 1 aromatic rings. The molecule has 106 valence electrons. The Hall–Kier alpha value is -1.39. The third kappa shape index (κ3) is 4.33. The van der Waals surface area contributed by atoms with E-state index in [0.717, 1.165) is 6.42 Å². The maximum absolute atomic E-state index is 11.9. The first-order valence-electron chi connectivity index (χ1n) is 6.51. The Morgan fingerprint density at radius 2 is 1.95 bits per heavy atom. The summed E-state index contributed by atoms with van der Waals surface area (Å²) in [6.45, 7) is 4.95. The zero-order valence-corrected chi connectivity index (χ0v) is 11.9. The van der Waals surface area contributed by atoms with Gasteiger partial charge < -0.3 is 15.2 Å². The summed E-state index contributed by atoms with van der Waals surface area (Å²) in [7, 11) is 1.33. The molecule has 1 rings (SSSR count). The highest BCUT2D eigenvalue weighted by atomic mass is 16.5. The largest absolute Gasteiger partial charge is 0.467 e. The van der Waals surface area contributed by atoms with Crippen LogP contribution < -0.4 is 5.73 Å². The number of carbonyl (C=O) groups excluding carboxylic acids is 1. The van der Waals surface area contributed by atoms with E-state index in [0.29, 0.717) is 18.1 Å². The molecular weight excluding hydrogens is 242 g/mol. The number of benzene rings is 1. The van der Waals surface area contributed by atoms with E-state index in [1.807, 2.05) is 30.3 Å². The fraction of sp³-hybridized carbons (Fsp3) is 0.533. The summed E-state index contributed by atoms with van der Waals surface area (Å²) >= 11 is 0. The van der Waals surface area contributed by atoms with Gasteiger partial charge in [0.25, 0.3) is 0 Å². The number of esters is 1. The van der Waals surface area contributed by atoms with Crippen molar-refractivity contribution in [1.82, 2.24) is 0 Å². The number of nitrogens with two attached hydrogens (primary N) is 1. The molecule has 0 aliphatic rings. The highest BCUT2D eigenvalue weighted by Gasteiger charge is 2.37. The minimum absolute atomic E-state index is 0.121. The van der Waals surface area contributed by atoms with Gasteiger partial charge in [-0.2, -0.15) is 0 Å². The molecule has 0 saturated carbocycles. The Balaban J connectivity index is 2.74. The van der Waals surface area contributed by atoms with E-state index in [9.17, 15) is 4.79 Å². The Kier molecular flexibility index (Phi) is 5.99. The van der Waals surface area contributed by atoms with Crippen molar-refractivity contribution in [2.45, 2.75) is 25.8 Å². The van der Waals surface area contributed by atoms with Crippen molar-refractivity contribution in [3.05, 3.63) is 35.9 Å². The van der Waals surface area contributed by atoms with Gasteiger partial charge in [0.1, 0.15) is 0 Å². The van der Waals surface area contributed by atoms with Gasteiger partial charge in [-0.3, -0.25) is 0 Å². The first kappa shape index (κ1) is 15.7. The van der Waals surface area contributed by atoms with E-state index in [2.05, 4.69) is 13.8 Å².